The minimum absolute atomic E-state index is 0.0515. The maximum atomic E-state index is 12.9. The zero-order chi connectivity index (χ0) is 13.0. The summed E-state index contributed by atoms with van der Waals surface area (Å²) in [5.41, 5.74) is 4.42. The standard InChI is InChI=1S/C11H10F2N2O2/c1-17-11(16)7-3-2-6(4-14)8(5-15)9(7)10(12)13/h2-3,10H,4,14H2,1H3. The van der Waals surface area contributed by atoms with Gasteiger partial charge in [-0.25, -0.2) is 13.6 Å². The van der Waals surface area contributed by atoms with E-state index in [1.807, 2.05) is 0 Å². The molecule has 0 saturated carbocycles. The molecule has 0 atom stereocenters. The van der Waals surface area contributed by atoms with Crippen molar-refractivity contribution in [3.05, 3.63) is 34.4 Å². The summed E-state index contributed by atoms with van der Waals surface area (Å²) in [5.74, 6) is -0.902. The highest BCUT2D eigenvalue weighted by atomic mass is 19.3. The van der Waals surface area contributed by atoms with E-state index in [1.54, 1.807) is 6.07 Å². The number of nitrogens with zero attached hydrogens (tertiary/aromatic N) is 1. The van der Waals surface area contributed by atoms with Crippen LogP contribution in [0.1, 0.15) is 33.5 Å². The van der Waals surface area contributed by atoms with Crippen LogP contribution in [0.2, 0.25) is 0 Å². The summed E-state index contributed by atoms with van der Waals surface area (Å²) in [6, 6.07) is 4.21. The molecule has 4 nitrogen and oxygen atoms in total. The van der Waals surface area contributed by atoms with E-state index in [0.717, 1.165) is 7.11 Å². The van der Waals surface area contributed by atoms with Crippen LogP contribution in [0, 0.1) is 11.3 Å². The Balaban J connectivity index is 3.55. The predicted molar refractivity (Wildman–Crippen MR) is 55.3 cm³/mol. The maximum Gasteiger partial charge on any atom is 0.338 e. The fourth-order valence-corrected chi connectivity index (χ4v) is 1.48. The number of alkyl halides is 2. The van der Waals surface area contributed by atoms with Crippen LogP contribution in [0.5, 0.6) is 0 Å². The number of ether oxygens (including phenoxy) is 1. The summed E-state index contributed by atoms with van der Waals surface area (Å²) < 4.78 is 30.2. The highest BCUT2D eigenvalue weighted by molar-refractivity contribution is 5.92. The SMILES string of the molecule is COC(=O)c1ccc(CN)c(C#N)c1C(F)F. The Morgan fingerprint density at radius 2 is 2.24 bits per heavy atom. The first-order valence-corrected chi connectivity index (χ1v) is 4.69. The molecule has 1 rings (SSSR count). The van der Waals surface area contributed by atoms with E-state index in [-0.39, 0.29) is 23.2 Å². The molecule has 6 heteroatoms. The van der Waals surface area contributed by atoms with Gasteiger partial charge >= 0.3 is 5.97 Å². The van der Waals surface area contributed by atoms with Crippen LogP contribution >= 0.6 is 0 Å². The Morgan fingerprint density at radius 1 is 1.59 bits per heavy atom. The molecule has 90 valence electrons. The van der Waals surface area contributed by atoms with Crippen LogP contribution in [-0.4, -0.2) is 13.1 Å². The molecule has 0 saturated heterocycles. The number of carbonyl (C=O) groups excluding carboxylic acids is 1. The van der Waals surface area contributed by atoms with E-state index in [9.17, 15) is 13.6 Å². The summed E-state index contributed by atoms with van der Waals surface area (Å²) in [4.78, 5) is 11.3. The van der Waals surface area contributed by atoms with Crippen molar-refractivity contribution in [2.45, 2.75) is 13.0 Å². The van der Waals surface area contributed by atoms with E-state index < -0.39 is 18.0 Å². The minimum Gasteiger partial charge on any atom is -0.465 e. The first-order chi connectivity index (χ1) is 8.06. The molecule has 0 aliphatic carbocycles. The molecule has 0 aliphatic rings. The van der Waals surface area contributed by atoms with Crippen LogP contribution in [-0.2, 0) is 11.3 Å². The normalized spacial score (nSPS) is 10.1. The topological polar surface area (TPSA) is 76.1 Å². The number of rotatable bonds is 3. The number of carbonyl (C=O) groups is 1. The Hall–Kier alpha value is -2.00. The van der Waals surface area contributed by atoms with Gasteiger partial charge in [-0.3, -0.25) is 0 Å². The Kier molecular flexibility index (Phi) is 4.12. The molecule has 0 aromatic heterocycles. The first-order valence-electron chi connectivity index (χ1n) is 4.69. The average molecular weight is 240 g/mol. The number of esters is 1. The molecule has 0 heterocycles. The molecule has 1 aromatic rings. The zero-order valence-electron chi connectivity index (χ0n) is 9.04. The van der Waals surface area contributed by atoms with Gasteiger partial charge in [0, 0.05) is 6.54 Å². The fourth-order valence-electron chi connectivity index (χ4n) is 1.48. The fraction of sp³-hybridized carbons (Fsp3) is 0.273. The van der Waals surface area contributed by atoms with Gasteiger partial charge in [0.1, 0.15) is 0 Å². The highest BCUT2D eigenvalue weighted by Gasteiger charge is 2.24. The Morgan fingerprint density at radius 3 is 2.65 bits per heavy atom. The number of nitrogens with two attached hydrogens (primary N) is 1. The summed E-state index contributed by atoms with van der Waals surface area (Å²) >= 11 is 0. The molecule has 1 aromatic carbocycles. The van der Waals surface area contributed by atoms with Crippen molar-refractivity contribution >= 4 is 5.97 Å². The Bertz CT molecular complexity index is 481. The third kappa shape index (κ3) is 2.40. The summed E-state index contributed by atoms with van der Waals surface area (Å²) in [5, 5.41) is 8.87. The molecule has 0 spiro atoms. The van der Waals surface area contributed by atoms with Gasteiger partial charge < -0.3 is 10.5 Å². The first kappa shape index (κ1) is 13.1. The van der Waals surface area contributed by atoms with Crippen molar-refractivity contribution in [1.29, 1.82) is 5.26 Å². The minimum atomic E-state index is -2.94. The molecule has 17 heavy (non-hydrogen) atoms. The number of hydrogen-bond donors (Lipinski definition) is 1. The lowest BCUT2D eigenvalue weighted by Gasteiger charge is -2.11. The van der Waals surface area contributed by atoms with Crippen LogP contribution in [0.25, 0.3) is 0 Å². The smallest absolute Gasteiger partial charge is 0.338 e. The second-order valence-electron chi connectivity index (χ2n) is 3.17. The second kappa shape index (κ2) is 5.37. The maximum absolute atomic E-state index is 12.9. The molecule has 0 radical (unpaired) electrons. The largest absolute Gasteiger partial charge is 0.465 e. The monoisotopic (exact) mass is 240 g/mol. The quantitative estimate of drug-likeness (QED) is 0.816. The van der Waals surface area contributed by atoms with Gasteiger partial charge in [-0.15, -0.1) is 0 Å². The van der Waals surface area contributed by atoms with Crippen molar-refractivity contribution in [2.24, 2.45) is 5.73 Å². The van der Waals surface area contributed by atoms with Gasteiger partial charge in [-0.2, -0.15) is 5.26 Å². The predicted octanol–water partition coefficient (Wildman–Crippen LogP) is 1.74. The van der Waals surface area contributed by atoms with E-state index in [0.29, 0.717) is 0 Å². The molecule has 0 aliphatic heterocycles. The van der Waals surface area contributed by atoms with Gasteiger partial charge in [-0.1, -0.05) is 6.07 Å². The van der Waals surface area contributed by atoms with Crippen molar-refractivity contribution in [3.63, 3.8) is 0 Å². The molecule has 0 unspecified atom stereocenters. The van der Waals surface area contributed by atoms with Gasteiger partial charge in [-0.05, 0) is 11.6 Å². The Labute approximate surface area is 96.6 Å². The van der Waals surface area contributed by atoms with E-state index in [2.05, 4.69) is 4.74 Å². The lowest BCUT2D eigenvalue weighted by Crippen LogP contribution is -2.11. The van der Waals surface area contributed by atoms with Crippen molar-refractivity contribution in [3.8, 4) is 6.07 Å². The molecule has 2 N–H and O–H groups in total. The van der Waals surface area contributed by atoms with E-state index >= 15 is 0 Å². The van der Waals surface area contributed by atoms with Crippen molar-refractivity contribution < 1.29 is 18.3 Å². The van der Waals surface area contributed by atoms with Crippen LogP contribution in [0.3, 0.4) is 0 Å². The number of benzene rings is 1. The molecular formula is C11H10F2N2O2. The second-order valence-corrected chi connectivity index (χ2v) is 3.17. The summed E-state index contributed by atoms with van der Waals surface area (Å²) in [7, 11) is 1.08. The highest BCUT2D eigenvalue weighted by Crippen LogP contribution is 2.29. The molecule has 0 bridgehead atoms. The number of nitriles is 1. The van der Waals surface area contributed by atoms with Crippen molar-refractivity contribution in [2.75, 3.05) is 7.11 Å². The van der Waals surface area contributed by atoms with Crippen LogP contribution in [0.15, 0.2) is 12.1 Å². The van der Waals surface area contributed by atoms with Gasteiger partial charge in [0.15, 0.2) is 0 Å². The van der Waals surface area contributed by atoms with Gasteiger partial charge in [0.25, 0.3) is 6.43 Å². The molecular weight excluding hydrogens is 230 g/mol. The third-order valence-corrected chi connectivity index (χ3v) is 2.29. The lowest BCUT2D eigenvalue weighted by atomic mass is 9.96. The summed E-state index contributed by atoms with van der Waals surface area (Å²) in [6.45, 7) is -0.0515. The number of halogens is 2. The number of methoxy groups -OCH3 is 1. The van der Waals surface area contributed by atoms with Crippen LogP contribution in [0.4, 0.5) is 8.78 Å². The zero-order valence-corrected chi connectivity index (χ0v) is 9.04. The van der Waals surface area contributed by atoms with E-state index in [1.165, 1.54) is 12.1 Å². The van der Waals surface area contributed by atoms with Crippen molar-refractivity contribution in [1.82, 2.24) is 0 Å². The molecule has 0 fully saturated rings. The van der Waals surface area contributed by atoms with Crippen LogP contribution < -0.4 is 5.73 Å². The lowest BCUT2D eigenvalue weighted by molar-refractivity contribution is 0.0589. The van der Waals surface area contributed by atoms with Gasteiger partial charge in [0.05, 0.1) is 29.9 Å². The third-order valence-electron chi connectivity index (χ3n) is 2.29. The molecule has 0 amide bonds. The summed E-state index contributed by atoms with van der Waals surface area (Å²) in [6.07, 6.45) is -2.94. The number of hydrogen-bond acceptors (Lipinski definition) is 4. The van der Waals surface area contributed by atoms with E-state index in [4.69, 9.17) is 11.0 Å². The average Bonchev–Trinajstić information content (AvgIpc) is 2.35. The van der Waals surface area contributed by atoms with Gasteiger partial charge in [0.2, 0.25) is 0 Å².